The van der Waals surface area contributed by atoms with Gasteiger partial charge >= 0.3 is 0 Å². The zero-order valence-corrected chi connectivity index (χ0v) is 9.98. The lowest BCUT2D eigenvalue weighted by Crippen LogP contribution is -2.39. The molecule has 0 spiro atoms. The van der Waals surface area contributed by atoms with Gasteiger partial charge in [0.05, 0.1) is 12.4 Å². The van der Waals surface area contributed by atoms with E-state index in [1.807, 2.05) is 0 Å². The van der Waals surface area contributed by atoms with Crippen molar-refractivity contribution in [1.29, 1.82) is 0 Å². The van der Waals surface area contributed by atoms with E-state index in [0.29, 0.717) is 12.5 Å². The van der Waals surface area contributed by atoms with E-state index in [0.717, 1.165) is 25.9 Å². The summed E-state index contributed by atoms with van der Waals surface area (Å²) in [5.41, 5.74) is 0. The van der Waals surface area contributed by atoms with Crippen LogP contribution < -0.4 is 10.0 Å². The first kappa shape index (κ1) is 12.9. The summed E-state index contributed by atoms with van der Waals surface area (Å²) in [6.07, 6.45) is 2.23. The van der Waals surface area contributed by atoms with Crippen molar-refractivity contribution in [2.45, 2.75) is 12.8 Å². The maximum absolute atomic E-state index is 11.4. The molecule has 90 valence electrons. The summed E-state index contributed by atoms with van der Waals surface area (Å²) in [5.74, 6) is 0.472. The summed E-state index contributed by atoms with van der Waals surface area (Å²) in [5, 5.41) is 3.25. The molecule has 5 nitrogen and oxygen atoms in total. The smallest absolute Gasteiger partial charge is 0.213 e. The molecule has 1 aliphatic rings. The Morgan fingerprint density at radius 2 is 2.33 bits per heavy atom. The Hall–Kier alpha value is -0.170. The van der Waals surface area contributed by atoms with Gasteiger partial charge in [-0.2, -0.15) is 0 Å². The molecule has 1 fully saturated rings. The fourth-order valence-electron chi connectivity index (χ4n) is 1.61. The second kappa shape index (κ2) is 6.42. The van der Waals surface area contributed by atoms with Gasteiger partial charge in [0.25, 0.3) is 0 Å². The number of piperidine rings is 1. The average molecular weight is 236 g/mol. The molecule has 0 radical (unpaired) electrons. The highest BCUT2D eigenvalue weighted by molar-refractivity contribution is 7.89. The molecule has 0 saturated carbocycles. The van der Waals surface area contributed by atoms with Crippen LogP contribution in [0.3, 0.4) is 0 Å². The topological polar surface area (TPSA) is 67.4 Å². The van der Waals surface area contributed by atoms with Crippen LogP contribution in [0.15, 0.2) is 0 Å². The van der Waals surface area contributed by atoms with Crippen molar-refractivity contribution in [3.63, 3.8) is 0 Å². The summed E-state index contributed by atoms with van der Waals surface area (Å²) in [6, 6.07) is 0. The van der Waals surface area contributed by atoms with Gasteiger partial charge in [0, 0.05) is 13.7 Å². The van der Waals surface area contributed by atoms with Gasteiger partial charge in [-0.1, -0.05) is 0 Å². The van der Waals surface area contributed by atoms with E-state index in [4.69, 9.17) is 4.74 Å². The minimum atomic E-state index is -3.15. The van der Waals surface area contributed by atoms with Crippen molar-refractivity contribution in [3.05, 3.63) is 0 Å². The second-order valence-corrected chi connectivity index (χ2v) is 5.80. The third kappa shape index (κ3) is 5.46. The van der Waals surface area contributed by atoms with Gasteiger partial charge in [-0.15, -0.1) is 0 Å². The van der Waals surface area contributed by atoms with Crippen molar-refractivity contribution >= 4 is 10.0 Å². The highest BCUT2D eigenvalue weighted by Crippen LogP contribution is 2.08. The lowest BCUT2D eigenvalue weighted by molar-refractivity contribution is 0.216. The van der Waals surface area contributed by atoms with E-state index in [9.17, 15) is 8.42 Å². The third-order valence-electron chi connectivity index (χ3n) is 2.55. The molecule has 0 aromatic carbocycles. The molecule has 15 heavy (non-hydrogen) atoms. The highest BCUT2D eigenvalue weighted by atomic mass is 32.2. The molecule has 6 heteroatoms. The SMILES string of the molecule is COCCS(=O)(=O)NCC1CCCNC1. The molecular formula is C9H20N2O3S. The predicted molar refractivity (Wildman–Crippen MR) is 59.3 cm³/mol. The first-order valence-corrected chi connectivity index (χ1v) is 6.96. The van der Waals surface area contributed by atoms with Crippen LogP contribution in [-0.4, -0.2) is 47.5 Å². The number of sulfonamides is 1. The molecule has 0 aromatic heterocycles. The lowest BCUT2D eigenvalue weighted by Gasteiger charge is -2.22. The van der Waals surface area contributed by atoms with E-state index in [1.54, 1.807) is 0 Å². The van der Waals surface area contributed by atoms with Crippen LogP contribution in [-0.2, 0) is 14.8 Å². The predicted octanol–water partition coefficient (Wildman–Crippen LogP) is -0.448. The van der Waals surface area contributed by atoms with Gasteiger partial charge in [0.1, 0.15) is 0 Å². The number of rotatable bonds is 6. The van der Waals surface area contributed by atoms with E-state index in [-0.39, 0.29) is 12.4 Å². The van der Waals surface area contributed by atoms with Gasteiger partial charge in [-0.3, -0.25) is 0 Å². The van der Waals surface area contributed by atoms with Crippen LogP contribution >= 0.6 is 0 Å². The fraction of sp³-hybridized carbons (Fsp3) is 1.00. The molecular weight excluding hydrogens is 216 g/mol. The first-order chi connectivity index (χ1) is 7.14. The summed E-state index contributed by atoms with van der Waals surface area (Å²) < 4.78 is 30.2. The van der Waals surface area contributed by atoms with Crippen molar-refractivity contribution < 1.29 is 13.2 Å². The standard InChI is InChI=1S/C9H20N2O3S/c1-14-5-6-15(12,13)11-8-9-3-2-4-10-7-9/h9-11H,2-8H2,1H3. The van der Waals surface area contributed by atoms with E-state index < -0.39 is 10.0 Å². The molecule has 0 bridgehead atoms. The van der Waals surface area contributed by atoms with E-state index in [2.05, 4.69) is 10.0 Å². The summed E-state index contributed by atoms with van der Waals surface area (Å²) in [4.78, 5) is 0. The molecule has 1 saturated heterocycles. The molecule has 0 amide bonds. The minimum Gasteiger partial charge on any atom is -0.384 e. The lowest BCUT2D eigenvalue weighted by atomic mass is 10.0. The van der Waals surface area contributed by atoms with E-state index in [1.165, 1.54) is 7.11 Å². The van der Waals surface area contributed by atoms with Crippen LogP contribution in [0.5, 0.6) is 0 Å². The summed E-state index contributed by atoms with van der Waals surface area (Å²) >= 11 is 0. The first-order valence-electron chi connectivity index (χ1n) is 5.31. The fourth-order valence-corrected chi connectivity index (χ4v) is 2.63. The Morgan fingerprint density at radius 3 is 2.93 bits per heavy atom. The molecule has 0 aliphatic carbocycles. The van der Waals surface area contributed by atoms with Crippen LogP contribution in [0.1, 0.15) is 12.8 Å². The minimum absolute atomic E-state index is 0.0453. The molecule has 1 unspecified atom stereocenters. The average Bonchev–Trinajstić information content (AvgIpc) is 2.25. The van der Waals surface area contributed by atoms with Crippen LogP contribution in [0, 0.1) is 5.92 Å². The Morgan fingerprint density at radius 1 is 1.53 bits per heavy atom. The monoisotopic (exact) mass is 236 g/mol. The number of ether oxygens (including phenoxy) is 1. The highest BCUT2D eigenvalue weighted by Gasteiger charge is 2.16. The number of hydrogen-bond donors (Lipinski definition) is 2. The molecule has 1 rings (SSSR count). The zero-order valence-electron chi connectivity index (χ0n) is 9.16. The van der Waals surface area contributed by atoms with Gasteiger partial charge in [0.15, 0.2) is 0 Å². The maximum atomic E-state index is 11.4. The summed E-state index contributed by atoms with van der Waals surface area (Å²) in [6.45, 7) is 2.75. The van der Waals surface area contributed by atoms with Crippen LogP contribution in [0.4, 0.5) is 0 Å². The maximum Gasteiger partial charge on any atom is 0.213 e. The van der Waals surface area contributed by atoms with Crippen molar-refractivity contribution in [2.24, 2.45) is 5.92 Å². The summed E-state index contributed by atoms with van der Waals surface area (Å²) in [7, 11) is -1.65. The zero-order chi connectivity index (χ0) is 11.1. The Bertz CT molecular complexity index is 261. The second-order valence-electron chi connectivity index (χ2n) is 3.87. The number of hydrogen-bond acceptors (Lipinski definition) is 4. The van der Waals surface area contributed by atoms with Crippen molar-refractivity contribution in [1.82, 2.24) is 10.0 Å². The van der Waals surface area contributed by atoms with Gasteiger partial charge < -0.3 is 10.1 Å². The van der Waals surface area contributed by atoms with Crippen LogP contribution in [0.2, 0.25) is 0 Å². The van der Waals surface area contributed by atoms with Crippen molar-refractivity contribution in [2.75, 3.05) is 39.1 Å². The number of methoxy groups -OCH3 is 1. The molecule has 1 atom stereocenters. The van der Waals surface area contributed by atoms with Gasteiger partial charge in [-0.25, -0.2) is 13.1 Å². The van der Waals surface area contributed by atoms with Crippen molar-refractivity contribution in [3.8, 4) is 0 Å². The Labute approximate surface area is 91.6 Å². The van der Waals surface area contributed by atoms with Crippen LogP contribution in [0.25, 0.3) is 0 Å². The Kier molecular flexibility index (Phi) is 5.52. The third-order valence-corrected chi connectivity index (χ3v) is 3.86. The number of nitrogens with one attached hydrogen (secondary N) is 2. The molecule has 1 heterocycles. The largest absolute Gasteiger partial charge is 0.384 e. The normalized spacial score (nSPS) is 22.9. The van der Waals surface area contributed by atoms with E-state index >= 15 is 0 Å². The van der Waals surface area contributed by atoms with Gasteiger partial charge in [0.2, 0.25) is 10.0 Å². The van der Waals surface area contributed by atoms with Gasteiger partial charge in [-0.05, 0) is 31.8 Å². The quantitative estimate of drug-likeness (QED) is 0.655. The molecule has 2 N–H and O–H groups in total. The molecule has 0 aromatic rings. The molecule has 1 aliphatic heterocycles. The Balaban J connectivity index is 2.22.